The summed E-state index contributed by atoms with van der Waals surface area (Å²) in [6.45, 7) is 2.47. The molecule has 7 nitrogen and oxygen atoms in total. The lowest BCUT2D eigenvalue weighted by Crippen LogP contribution is -2.30. The first-order chi connectivity index (χ1) is 11.9. The highest BCUT2D eigenvalue weighted by atomic mass is 16.3. The number of carbonyl (C=O) groups is 3. The van der Waals surface area contributed by atoms with Gasteiger partial charge in [-0.05, 0) is 36.8 Å². The van der Waals surface area contributed by atoms with E-state index in [1.54, 1.807) is 36.2 Å². The normalized spacial score (nSPS) is 13.9. The molecule has 0 bridgehead atoms. The molecule has 0 spiro atoms. The van der Waals surface area contributed by atoms with Crippen LogP contribution in [0.1, 0.15) is 27.4 Å². The molecule has 1 aliphatic rings. The fourth-order valence-electron chi connectivity index (χ4n) is 2.65. The van der Waals surface area contributed by atoms with Crippen LogP contribution in [0.4, 0.5) is 4.79 Å². The molecule has 1 aliphatic heterocycles. The third-order valence-electron chi connectivity index (χ3n) is 4.01. The third-order valence-corrected chi connectivity index (χ3v) is 4.01. The van der Waals surface area contributed by atoms with Gasteiger partial charge >= 0.3 is 6.03 Å². The maximum atomic E-state index is 12.5. The van der Waals surface area contributed by atoms with Crippen molar-refractivity contribution in [3.63, 3.8) is 0 Å². The number of urea groups is 1. The molecule has 1 aromatic heterocycles. The molecular formula is C18H19N3O4. The van der Waals surface area contributed by atoms with Crippen molar-refractivity contribution in [3.8, 4) is 0 Å². The summed E-state index contributed by atoms with van der Waals surface area (Å²) < 4.78 is 5.48. The number of amides is 4. The molecule has 1 saturated heterocycles. The number of nitrogens with zero attached hydrogens (tertiary/aromatic N) is 2. The zero-order valence-corrected chi connectivity index (χ0v) is 14.1. The Balaban J connectivity index is 1.64. The number of imide groups is 1. The van der Waals surface area contributed by atoms with Crippen LogP contribution in [-0.2, 0) is 17.9 Å². The maximum Gasteiger partial charge on any atom is 0.324 e. The second kappa shape index (κ2) is 6.80. The van der Waals surface area contributed by atoms with Gasteiger partial charge in [0.05, 0.1) is 19.6 Å². The highest BCUT2D eigenvalue weighted by molar-refractivity contribution is 6.01. The summed E-state index contributed by atoms with van der Waals surface area (Å²) in [4.78, 5) is 38.4. The summed E-state index contributed by atoms with van der Waals surface area (Å²) in [5.74, 6) is 1.15. The lowest BCUT2D eigenvalue weighted by atomic mass is 10.1. The zero-order chi connectivity index (χ0) is 18.0. The molecule has 0 radical (unpaired) electrons. The van der Waals surface area contributed by atoms with Gasteiger partial charge in [0.1, 0.15) is 11.5 Å². The molecule has 130 valence electrons. The minimum atomic E-state index is -0.390. The predicted molar refractivity (Wildman–Crippen MR) is 89.6 cm³/mol. The van der Waals surface area contributed by atoms with E-state index in [1.165, 1.54) is 0 Å². The number of furan rings is 1. The first kappa shape index (κ1) is 16.8. The Labute approximate surface area is 145 Å². The average Bonchev–Trinajstić information content (AvgIpc) is 3.14. The van der Waals surface area contributed by atoms with Gasteiger partial charge in [-0.2, -0.15) is 0 Å². The van der Waals surface area contributed by atoms with Gasteiger partial charge in [-0.1, -0.05) is 12.1 Å². The van der Waals surface area contributed by atoms with Crippen molar-refractivity contribution in [2.45, 2.75) is 20.0 Å². The monoisotopic (exact) mass is 341 g/mol. The Hall–Kier alpha value is -3.09. The van der Waals surface area contributed by atoms with Gasteiger partial charge in [0.15, 0.2) is 0 Å². The molecule has 3 rings (SSSR count). The molecular weight excluding hydrogens is 322 g/mol. The summed E-state index contributed by atoms with van der Waals surface area (Å²) in [5, 5.41) is 2.48. The number of carbonyl (C=O) groups excluding carboxylic acids is 3. The Bertz CT molecular complexity index is 794. The van der Waals surface area contributed by atoms with E-state index in [0.717, 1.165) is 22.0 Å². The minimum Gasteiger partial charge on any atom is -0.464 e. The van der Waals surface area contributed by atoms with Crippen molar-refractivity contribution < 1.29 is 18.8 Å². The lowest BCUT2D eigenvalue weighted by molar-refractivity contribution is -0.125. The van der Waals surface area contributed by atoms with E-state index in [9.17, 15) is 14.4 Å². The molecule has 0 atom stereocenters. The van der Waals surface area contributed by atoms with Crippen molar-refractivity contribution in [1.29, 1.82) is 0 Å². The van der Waals surface area contributed by atoms with Crippen molar-refractivity contribution in [2.75, 3.05) is 13.6 Å². The minimum absolute atomic E-state index is 0.0342. The van der Waals surface area contributed by atoms with Crippen molar-refractivity contribution in [3.05, 3.63) is 59.0 Å². The SMILES string of the molecule is Cc1ccc(CN(C)C(=O)c2ccc(CN3C(=O)CNC3=O)cc2)o1. The summed E-state index contributed by atoms with van der Waals surface area (Å²) >= 11 is 0. The number of benzene rings is 1. The zero-order valence-electron chi connectivity index (χ0n) is 14.1. The summed E-state index contributed by atoms with van der Waals surface area (Å²) in [6.07, 6.45) is 0. The summed E-state index contributed by atoms with van der Waals surface area (Å²) in [7, 11) is 1.71. The van der Waals surface area contributed by atoms with E-state index in [4.69, 9.17) is 4.42 Å². The highest BCUT2D eigenvalue weighted by Crippen LogP contribution is 2.14. The van der Waals surface area contributed by atoms with Crippen LogP contribution in [-0.4, -0.2) is 41.2 Å². The number of hydrogen-bond donors (Lipinski definition) is 1. The van der Waals surface area contributed by atoms with Crippen molar-refractivity contribution >= 4 is 17.8 Å². The second-order valence-corrected chi connectivity index (χ2v) is 6.01. The molecule has 4 amide bonds. The van der Waals surface area contributed by atoms with Crippen LogP contribution in [0, 0.1) is 6.92 Å². The largest absolute Gasteiger partial charge is 0.464 e. The van der Waals surface area contributed by atoms with E-state index < -0.39 is 6.03 Å². The van der Waals surface area contributed by atoms with Gasteiger partial charge in [0.2, 0.25) is 5.91 Å². The smallest absolute Gasteiger partial charge is 0.324 e. The molecule has 1 aromatic carbocycles. The Kier molecular flexibility index (Phi) is 4.56. The number of hydrogen-bond acceptors (Lipinski definition) is 4. The molecule has 2 aromatic rings. The number of nitrogens with one attached hydrogen (secondary N) is 1. The first-order valence-corrected chi connectivity index (χ1v) is 7.92. The molecule has 0 aliphatic carbocycles. The van der Waals surface area contributed by atoms with E-state index >= 15 is 0 Å². The molecule has 7 heteroatoms. The number of rotatable bonds is 5. The van der Waals surface area contributed by atoms with E-state index in [2.05, 4.69) is 5.32 Å². The van der Waals surface area contributed by atoms with Crippen molar-refractivity contribution in [1.82, 2.24) is 15.1 Å². The third kappa shape index (κ3) is 3.71. The van der Waals surface area contributed by atoms with Crippen LogP contribution < -0.4 is 5.32 Å². The summed E-state index contributed by atoms with van der Waals surface area (Å²) in [5.41, 5.74) is 1.32. The van der Waals surface area contributed by atoms with E-state index in [0.29, 0.717) is 12.1 Å². The Morgan fingerprint density at radius 2 is 1.92 bits per heavy atom. The van der Waals surface area contributed by atoms with Gasteiger partial charge in [-0.3, -0.25) is 14.5 Å². The summed E-state index contributed by atoms with van der Waals surface area (Å²) in [6, 6.07) is 10.2. The van der Waals surface area contributed by atoms with Crippen LogP contribution in [0.5, 0.6) is 0 Å². The highest BCUT2D eigenvalue weighted by Gasteiger charge is 2.28. The molecule has 0 saturated carbocycles. The molecule has 2 heterocycles. The van der Waals surface area contributed by atoms with Gasteiger partial charge < -0.3 is 14.6 Å². The van der Waals surface area contributed by atoms with Crippen LogP contribution in [0.15, 0.2) is 40.8 Å². The Morgan fingerprint density at radius 1 is 1.20 bits per heavy atom. The fraction of sp³-hybridized carbons (Fsp3) is 0.278. The topological polar surface area (TPSA) is 82.9 Å². The van der Waals surface area contributed by atoms with Crippen LogP contribution >= 0.6 is 0 Å². The van der Waals surface area contributed by atoms with Crippen LogP contribution in [0.25, 0.3) is 0 Å². The van der Waals surface area contributed by atoms with Crippen molar-refractivity contribution in [2.24, 2.45) is 0 Å². The average molecular weight is 341 g/mol. The Morgan fingerprint density at radius 3 is 2.48 bits per heavy atom. The van der Waals surface area contributed by atoms with Gasteiger partial charge in [0, 0.05) is 12.6 Å². The molecule has 25 heavy (non-hydrogen) atoms. The lowest BCUT2D eigenvalue weighted by Gasteiger charge is -2.16. The van der Waals surface area contributed by atoms with Gasteiger partial charge in [-0.15, -0.1) is 0 Å². The quantitative estimate of drug-likeness (QED) is 0.842. The molecule has 0 unspecified atom stereocenters. The predicted octanol–water partition coefficient (Wildman–Crippen LogP) is 1.91. The second-order valence-electron chi connectivity index (χ2n) is 6.01. The van der Waals surface area contributed by atoms with E-state index in [-0.39, 0.29) is 24.9 Å². The molecule has 1 N–H and O–H groups in total. The first-order valence-electron chi connectivity index (χ1n) is 7.92. The van der Waals surface area contributed by atoms with E-state index in [1.807, 2.05) is 19.1 Å². The van der Waals surface area contributed by atoms with Crippen LogP contribution in [0.3, 0.4) is 0 Å². The standard InChI is InChI=1S/C18H19N3O4/c1-12-3-8-15(25-12)11-20(2)17(23)14-6-4-13(5-7-14)10-21-16(22)9-19-18(21)24/h3-8H,9-11H2,1-2H3,(H,19,24). The number of aryl methyl sites for hydroxylation is 1. The molecule has 1 fully saturated rings. The van der Waals surface area contributed by atoms with Gasteiger partial charge in [-0.25, -0.2) is 4.79 Å². The van der Waals surface area contributed by atoms with Crippen LogP contribution in [0.2, 0.25) is 0 Å². The van der Waals surface area contributed by atoms with Gasteiger partial charge in [0.25, 0.3) is 5.91 Å². The maximum absolute atomic E-state index is 12.5. The fourth-order valence-corrected chi connectivity index (χ4v) is 2.65.